The van der Waals surface area contributed by atoms with Gasteiger partial charge in [0.1, 0.15) is 5.54 Å². The summed E-state index contributed by atoms with van der Waals surface area (Å²) in [5.74, 6) is -1.06. The van der Waals surface area contributed by atoms with Crippen LogP contribution >= 0.6 is 0 Å². The zero-order valence-electron chi connectivity index (χ0n) is 10.00. The smallest absolute Gasteiger partial charge is 0.329 e. The number of amides is 1. The number of rotatable bonds is 4. The Labute approximate surface area is 101 Å². The third-order valence-corrected chi connectivity index (χ3v) is 4.40. The number of carbonyl (C=O) groups excluding carboxylic acids is 1. The van der Waals surface area contributed by atoms with E-state index in [1.54, 1.807) is 0 Å². The SMILES string of the molecule is NCC1(C(=O)NC2(C(=O)O)CCCC2)CCC1. The maximum atomic E-state index is 12.2. The van der Waals surface area contributed by atoms with E-state index in [0.717, 1.165) is 32.1 Å². The summed E-state index contributed by atoms with van der Waals surface area (Å²) < 4.78 is 0. The number of hydrogen-bond acceptors (Lipinski definition) is 3. The standard InChI is InChI=1S/C12H20N2O3/c13-8-11(4-3-5-11)9(15)14-12(10(16)17)6-1-2-7-12/h1-8,13H2,(H,14,15)(H,16,17). The molecule has 0 heterocycles. The molecule has 2 aliphatic rings. The predicted octanol–water partition coefficient (Wildman–Crippen LogP) is 0.629. The molecule has 0 unspecified atom stereocenters. The average Bonchev–Trinajstić information content (AvgIpc) is 2.66. The first kappa shape index (κ1) is 12.4. The summed E-state index contributed by atoms with van der Waals surface area (Å²) in [5.41, 5.74) is 4.13. The molecule has 2 fully saturated rings. The highest BCUT2D eigenvalue weighted by atomic mass is 16.4. The maximum Gasteiger partial charge on any atom is 0.329 e. The molecule has 5 nitrogen and oxygen atoms in total. The summed E-state index contributed by atoms with van der Waals surface area (Å²) in [6.07, 6.45) is 5.37. The minimum Gasteiger partial charge on any atom is -0.480 e. The monoisotopic (exact) mass is 240 g/mol. The lowest BCUT2D eigenvalue weighted by molar-refractivity contribution is -0.150. The van der Waals surface area contributed by atoms with Gasteiger partial charge in [0.05, 0.1) is 5.41 Å². The molecule has 0 spiro atoms. The van der Waals surface area contributed by atoms with Crippen LogP contribution in [0.25, 0.3) is 0 Å². The number of carbonyl (C=O) groups is 2. The van der Waals surface area contributed by atoms with E-state index >= 15 is 0 Å². The van der Waals surface area contributed by atoms with E-state index in [4.69, 9.17) is 5.73 Å². The van der Waals surface area contributed by atoms with Crippen molar-refractivity contribution in [2.24, 2.45) is 11.1 Å². The van der Waals surface area contributed by atoms with Crippen LogP contribution in [-0.2, 0) is 9.59 Å². The summed E-state index contributed by atoms with van der Waals surface area (Å²) in [6.45, 7) is 0.314. The van der Waals surface area contributed by atoms with Crippen LogP contribution in [0.2, 0.25) is 0 Å². The topological polar surface area (TPSA) is 92.4 Å². The molecule has 17 heavy (non-hydrogen) atoms. The third kappa shape index (κ3) is 1.92. The molecule has 1 amide bonds. The number of carboxylic acid groups (broad SMARTS) is 1. The second-order valence-electron chi connectivity index (χ2n) is 5.39. The summed E-state index contributed by atoms with van der Waals surface area (Å²) >= 11 is 0. The molecule has 0 radical (unpaired) electrons. The number of aliphatic carboxylic acids is 1. The minimum absolute atomic E-state index is 0.157. The van der Waals surface area contributed by atoms with Gasteiger partial charge in [-0.05, 0) is 25.7 Å². The van der Waals surface area contributed by atoms with E-state index in [9.17, 15) is 14.7 Å². The van der Waals surface area contributed by atoms with Crippen molar-refractivity contribution in [3.63, 3.8) is 0 Å². The van der Waals surface area contributed by atoms with Gasteiger partial charge in [-0.2, -0.15) is 0 Å². The molecule has 2 aliphatic carbocycles. The van der Waals surface area contributed by atoms with Crippen molar-refractivity contribution in [2.75, 3.05) is 6.54 Å². The fourth-order valence-electron chi connectivity index (χ4n) is 2.85. The molecule has 0 atom stereocenters. The van der Waals surface area contributed by atoms with E-state index < -0.39 is 16.9 Å². The second-order valence-corrected chi connectivity index (χ2v) is 5.39. The van der Waals surface area contributed by atoms with Crippen LogP contribution in [0.15, 0.2) is 0 Å². The largest absolute Gasteiger partial charge is 0.480 e. The molecule has 0 bridgehead atoms. The van der Waals surface area contributed by atoms with Gasteiger partial charge < -0.3 is 16.2 Å². The van der Waals surface area contributed by atoms with Crippen molar-refractivity contribution in [3.05, 3.63) is 0 Å². The normalized spacial score (nSPS) is 25.0. The van der Waals surface area contributed by atoms with Crippen molar-refractivity contribution in [3.8, 4) is 0 Å². The van der Waals surface area contributed by atoms with E-state index in [1.807, 2.05) is 0 Å². The van der Waals surface area contributed by atoms with Crippen LogP contribution in [0.3, 0.4) is 0 Å². The van der Waals surface area contributed by atoms with Crippen LogP contribution < -0.4 is 11.1 Å². The maximum absolute atomic E-state index is 12.2. The summed E-state index contributed by atoms with van der Waals surface area (Å²) in [4.78, 5) is 23.5. The molecular weight excluding hydrogens is 220 g/mol. The molecule has 2 rings (SSSR count). The van der Waals surface area contributed by atoms with Crippen molar-refractivity contribution in [1.29, 1.82) is 0 Å². The highest BCUT2D eigenvalue weighted by Gasteiger charge is 2.49. The van der Waals surface area contributed by atoms with Crippen molar-refractivity contribution in [2.45, 2.75) is 50.5 Å². The van der Waals surface area contributed by atoms with Gasteiger partial charge in [0, 0.05) is 6.54 Å². The minimum atomic E-state index is -1.03. The van der Waals surface area contributed by atoms with Gasteiger partial charge in [-0.1, -0.05) is 19.3 Å². The number of carboxylic acids is 1. The van der Waals surface area contributed by atoms with Crippen LogP contribution in [0.5, 0.6) is 0 Å². The predicted molar refractivity (Wildman–Crippen MR) is 62.3 cm³/mol. The number of hydrogen-bond donors (Lipinski definition) is 3. The quantitative estimate of drug-likeness (QED) is 0.672. The Morgan fingerprint density at radius 2 is 1.71 bits per heavy atom. The van der Waals surface area contributed by atoms with E-state index in [0.29, 0.717) is 19.4 Å². The molecule has 0 aliphatic heterocycles. The first-order valence-electron chi connectivity index (χ1n) is 6.31. The average molecular weight is 240 g/mol. The zero-order chi connectivity index (χ0) is 12.5. The molecule has 0 aromatic carbocycles. The van der Waals surface area contributed by atoms with Gasteiger partial charge in [0.15, 0.2) is 0 Å². The van der Waals surface area contributed by atoms with Crippen LogP contribution in [0, 0.1) is 5.41 Å². The Balaban J connectivity index is 2.08. The Morgan fingerprint density at radius 1 is 1.12 bits per heavy atom. The lowest BCUT2D eigenvalue weighted by Gasteiger charge is -2.41. The fourth-order valence-corrected chi connectivity index (χ4v) is 2.85. The zero-order valence-corrected chi connectivity index (χ0v) is 10.00. The fraction of sp³-hybridized carbons (Fsp3) is 0.833. The molecule has 0 saturated heterocycles. The Hall–Kier alpha value is -1.10. The third-order valence-electron chi connectivity index (χ3n) is 4.40. The Bertz CT molecular complexity index is 325. The molecule has 4 N–H and O–H groups in total. The molecule has 96 valence electrons. The van der Waals surface area contributed by atoms with E-state index in [1.165, 1.54) is 0 Å². The van der Waals surface area contributed by atoms with Crippen LogP contribution in [0.1, 0.15) is 44.9 Å². The molecule has 2 saturated carbocycles. The van der Waals surface area contributed by atoms with Crippen molar-refractivity contribution >= 4 is 11.9 Å². The van der Waals surface area contributed by atoms with Crippen molar-refractivity contribution < 1.29 is 14.7 Å². The molecular formula is C12H20N2O3. The second kappa shape index (κ2) is 4.29. The lowest BCUT2D eigenvalue weighted by atomic mass is 9.67. The molecule has 0 aromatic heterocycles. The van der Waals surface area contributed by atoms with Gasteiger partial charge in [-0.3, -0.25) is 4.79 Å². The van der Waals surface area contributed by atoms with Gasteiger partial charge in [-0.15, -0.1) is 0 Å². The van der Waals surface area contributed by atoms with Crippen molar-refractivity contribution in [1.82, 2.24) is 5.32 Å². The first-order chi connectivity index (χ1) is 8.05. The first-order valence-corrected chi connectivity index (χ1v) is 6.31. The highest BCUT2D eigenvalue weighted by molar-refractivity contribution is 5.90. The van der Waals surface area contributed by atoms with Gasteiger partial charge in [0.2, 0.25) is 5.91 Å². The van der Waals surface area contributed by atoms with E-state index in [-0.39, 0.29) is 5.91 Å². The Morgan fingerprint density at radius 3 is 2.06 bits per heavy atom. The van der Waals surface area contributed by atoms with Crippen LogP contribution in [-0.4, -0.2) is 29.1 Å². The number of nitrogens with two attached hydrogens (primary N) is 1. The van der Waals surface area contributed by atoms with Gasteiger partial charge in [0.25, 0.3) is 0 Å². The highest BCUT2D eigenvalue weighted by Crippen LogP contribution is 2.41. The molecule has 5 heteroatoms. The van der Waals surface area contributed by atoms with Gasteiger partial charge in [-0.25, -0.2) is 4.79 Å². The summed E-state index contributed by atoms with van der Waals surface area (Å²) in [7, 11) is 0. The van der Waals surface area contributed by atoms with E-state index in [2.05, 4.69) is 5.32 Å². The number of nitrogens with one attached hydrogen (secondary N) is 1. The molecule has 0 aromatic rings. The summed E-state index contributed by atoms with van der Waals surface area (Å²) in [5, 5.41) is 12.1. The lowest BCUT2D eigenvalue weighted by Crippen LogP contribution is -2.59. The van der Waals surface area contributed by atoms with Crippen LogP contribution in [0.4, 0.5) is 0 Å². The summed E-state index contributed by atoms with van der Waals surface area (Å²) in [6, 6.07) is 0. The van der Waals surface area contributed by atoms with Gasteiger partial charge >= 0.3 is 5.97 Å². The Kier molecular flexibility index (Phi) is 3.12.